The fourth-order valence-electron chi connectivity index (χ4n) is 3.66. The molecule has 146 valence electrons. The lowest BCUT2D eigenvalue weighted by Crippen LogP contribution is -2.46. The Morgan fingerprint density at radius 3 is 2.46 bits per heavy atom. The maximum atomic E-state index is 10.9. The Labute approximate surface area is 167 Å². The van der Waals surface area contributed by atoms with Gasteiger partial charge in [0.15, 0.2) is 0 Å². The molecule has 1 atom stereocenters. The van der Waals surface area contributed by atoms with Gasteiger partial charge >= 0.3 is 0 Å². The van der Waals surface area contributed by atoms with E-state index in [-0.39, 0.29) is 0 Å². The summed E-state index contributed by atoms with van der Waals surface area (Å²) in [6, 6.07) is 17.9. The Morgan fingerprint density at radius 1 is 1.07 bits per heavy atom. The molecule has 2 aromatic carbocycles. The van der Waals surface area contributed by atoms with Crippen LogP contribution in [0.3, 0.4) is 0 Å². The molecule has 2 heterocycles. The van der Waals surface area contributed by atoms with Crippen LogP contribution in [0.15, 0.2) is 54.6 Å². The second-order valence-electron chi connectivity index (χ2n) is 6.90. The number of nitrogens with one attached hydrogen (secondary N) is 1. The van der Waals surface area contributed by atoms with Gasteiger partial charge in [-0.3, -0.25) is 9.27 Å². The quantitative estimate of drug-likeness (QED) is 0.645. The molecule has 1 unspecified atom stereocenters. The van der Waals surface area contributed by atoms with Gasteiger partial charge in [-0.2, -0.15) is 0 Å². The molecule has 1 saturated heterocycles. The Kier molecular flexibility index (Phi) is 5.57. The fourth-order valence-corrected chi connectivity index (χ4v) is 3.99. The van der Waals surface area contributed by atoms with E-state index in [1.54, 1.807) is 12.1 Å². The van der Waals surface area contributed by atoms with Crippen LogP contribution in [0.25, 0.3) is 22.0 Å². The van der Waals surface area contributed by atoms with Crippen LogP contribution in [-0.4, -0.2) is 51.4 Å². The van der Waals surface area contributed by atoms with E-state index in [1.165, 1.54) is 10.8 Å². The number of likely N-dealkylation sites (N-methyl/N-ethyl adjacent to an activating group) is 1. The van der Waals surface area contributed by atoms with Crippen LogP contribution in [0, 0.1) is 0 Å². The number of fused-ring (bicyclic) bond motifs is 1. The van der Waals surface area contributed by atoms with Crippen LogP contribution in [0.5, 0.6) is 0 Å². The summed E-state index contributed by atoms with van der Waals surface area (Å²) in [5, 5.41) is 2.34. The van der Waals surface area contributed by atoms with E-state index in [0.29, 0.717) is 5.69 Å². The predicted octanol–water partition coefficient (Wildman–Crippen LogP) is 3.59. The molecule has 0 aliphatic carbocycles. The Bertz CT molecular complexity index is 985. The summed E-state index contributed by atoms with van der Waals surface area (Å²) in [6.07, 6.45) is 0. The smallest absolute Gasteiger partial charge is 0.259 e. The number of aromatic nitrogens is 1. The highest BCUT2D eigenvalue weighted by atomic mass is 32.2. The molecule has 0 bridgehead atoms. The Balaban J connectivity index is 1.71. The minimum atomic E-state index is -2.07. The zero-order valence-electron chi connectivity index (χ0n) is 15.8. The summed E-state index contributed by atoms with van der Waals surface area (Å²) in [4.78, 5) is 9.85. The molecule has 7 heteroatoms. The van der Waals surface area contributed by atoms with Gasteiger partial charge in [0.2, 0.25) is 0 Å². The van der Waals surface area contributed by atoms with Crippen molar-refractivity contribution in [3.05, 3.63) is 54.6 Å². The number of piperazine rings is 1. The van der Waals surface area contributed by atoms with E-state index in [0.717, 1.165) is 49.8 Å². The second kappa shape index (κ2) is 8.26. The van der Waals surface area contributed by atoms with Crippen molar-refractivity contribution >= 4 is 33.5 Å². The molecule has 0 spiro atoms. The molecule has 0 radical (unpaired) electrons. The molecule has 3 aromatic rings. The molecular weight excluding hydrogens is 372 g/mol. The third-order valence-electron chi connectivity index (χ3n) is 5.23. The molecular formula is C21H24N4O2S. The van der Waals surface area contributed by atoms with Crippen molar-refractivity contribution in [2.45, 2.75) is 6.92 Å². The van der Waals surface area contributed by atoms with Crippen molar-refractivity contribution in [1.29, 1.82) is 0 Å². The zero-order chi connectivity index (χ0) is 19.5. The van der Waals surface area contributed by atoms with Crippen LogP contribution < -0.4 is 9.62 Å². The van der Waals surface area contributed by atoms with Gasteiger partial charge in [-0.25, -0.2) is 9.19 Å². The molecule has 1 aliphatic heterocycles. The highest BCUT2D eigenvalue weighted by molar-refractivity contribution is 7.80. The molecule has 4 rings (SSSR count). The fraction of sp³-hybridized carbons (Fsp3) is 0.286. The summed E-state index contributed by atoms with van der Waals surface area (Å²) in [5.74, 6) is 1.03. The maximum absolute atomic E-state index is 10.9. The molecule has 1 fully saturated rings. The lowest BCUT2D eigenvalue weighted by molar-refractivity contribution is 0.271. The molecule has 0 amide bonds. The largest absolute Gasteiger partial charge is 0.354 e. The summed E-state index contributed by atoms with van der Waals surface area (Å²) in [5.41, 5.74) is 2.48. The molecule has 1 aromatic heterocycles. The van der Waals surface area contributed by atoms with Gasteiger partial charge in [0.05, 0.1) is 5.69 Å². The standard InChI is InChI=1S/C21H24N4O2S/c1-2-24-11-13-25(14-12-24)21-19-6-4-3-5-17(19)15-20(22-21)16-7-9-18(10-8-16)23-28(26)27/h3-10,15,23H,2,11-14H2,1H3,(H,26,27). The van der Waals surface area contributed by atoms with Gasteiger partial charge < -0.3 is 9.80 Å². The number of benzene rings is 2. The first-order chi connectivity index (χ1) is 13.6. The molecule has 6 nitrogen and oxygen atoms in total. The SMILES string of the molecule is CCN1CCN(c2nc(-c3ccc(NS(=O)O)cc3)cc3ccccc23)CC1. The minimum absolute atomic E-state index is 0.598. The van der Waals surface area contributed by atoms with Crippen LogP contribution in [0.2, 0.25) is 0 Å². The van der Waals surface area contributed by atoms with E-state index >= 15 is 0 Å². The number of hydrogen-bond acceptors (Lipinski definition) is 4. The first-order valence-electron chi connectivity index (χ1n) is 9.49. The summed E-state index contributed by atoms with van der Waals surface area (Å²) >= 11 is -2.07. The first kappa shape index (κ1) is 18.9. The minimum Gasteiger partial charge on any atom is -0.354 e. The predicted molar refractivity (Wildman–Crippen MR) is 116 cm³/mol. The zero-order valence-corrected chi connectivity index (χ0v) is 16.7. The van der Waals surface area contributed by atoms with E-state index in [9.17, 15) is 4.21 Å². The first-order valence-corrected chi connectivity index (χ1v) is 10.6. The van der Waals surface area contributed by atoms with Crippen LogP contribution in [0.1, 0.15) is 6.92 Å². The number of anilines is 2. The van der Waals surface area contributed by atoms with Crippen molar-refractivity contribution in [2.75, 3.05) is 42.3 Å². The molecule has 1 aliphatic rings. The average molecular weight is 397 g/mol. The monoisotopic (exact) mass is 396 g/mol. The Morgan fingerprint density at radius 2 is 1.79 bits per heavy atom. The number of rotatable bonds is 5. The van der Waals surface area contributed by atoms with Gasteiger partial charge in [0.25, 0.3) is 11.3 Å². The van der Waals surface area contributed by atoms with E-state index < -0.39 is 11.3 Å². The van der Waals surface area contributed by atoms with Gasteiger partial charge in [-0.1, -0.05) is 43.3 Å². The summed E-state index contributed by atoms with van der Waals surface area (Å²) in [6.45, 7) is 7.33. The third kappa shape index (κ3) is 4.01. The van der Waals surface area contributed by atoms with Crippen molar-refractivity contribution in [1.82, 2.24) is 9.88 Å². The van der Waals surface area contributed by atoms with Gasteiger partial charge in [0, 0.05) is 42.8 Å². The number of pyridine rings is 1. The van der Waals surface area contributed by atoms with Crippen molar-refractivity contribution < 1.29 is 8.76 Å². The van der Waals surface area contributed by atoms with E-state index in [1.807, 2.05) is 12.1 Å². The summed E-state index contributed by atoms with van der Waals surface area (Å²) in [7, 11) is 0. The van der Waals surface area contributed by atoms with Crippen molar-refractivity contribution in [3.8, 4) is 11.3 Å². The number of hydrogen-bond donors (Lipinski definition) is 2. The topological polar surface area (TPSA) is 68.7 Å². The highest BCUT2D eigenvalue weighted by Gasteiger charge is 2.19. The number of nitrogens with zero attached hydrogens (tertiary/aromatic N) is 3. The lowest BCUT2D eigenvalue weighted by Gasteiger charge is -2.35. The van der Waals surface area contributed by atoms with E-state index in [2.05, 4.69) is 51.8 Å². The van der Waals surface area contributed by atoms with Crippen molar-refractivity contribution in [2.24, 2.45) is 0 Å². The average Bonchev–Trinajstić information content (AvgIpc) is 2.73. The highest BCUT2D eigenvalue weighted by Crippen LogP contribution is 2.31. The summed E-state index contributed by atoms with van der Waals surface area (Å²) < 4.78 is 22.4. The Hall–Kier alpha value is -2.48. The van der Waals surface area contributed by atoms with E-state index in [4.69, 9.17) is 9.54 Å². The van der Waals surface area contributed by atoms with Crippen LogP contribution >= 0.6 is 0 Å². The van der Waals surface area contributed by atoms with Gasteiger partial charge in [-0.15, -0.1) is 0 Å². The van der Waals surface area contributed by atoms with Crippen molar-refractivity contribution in [3.63, 3.8) is 0 Å². The second-order valence-corrected chi connectivity index (χ2v) is 7.60. The normalized spacial score (nSPS) is 16.3. The molecule has 0 saturated carbocycles. The lowest BCUT2D eigenvalue weighted by atomic mass is 10.1. The van der Waals surface area contributed by atoms with Crippen LogP contribution in [-0.2, 0) is 11.3 Å². The van der Waals surface area contributed by atoms with Gasteiger partial charge in [0.1, 0.15) is 5.82 Å². The third-order valence-corrected chi connectivity index (χ3v) is 5.64. The molecule has 28 heavy (non-hydrogen) atoms. The van der Waals surface area contributed by atoms with Crippen LogP contribution in [0.4, 0.5) is 11.5 Å². The molecule has 2 N–H and O–H groups in total. The van der Waals surface area contributed by atoms with Gasteiger partial charge in [-0.05, 0) is 30.1 Å². The maximum Gasteiger partial charge on any atom is 0.259 e.